The van der Waals surface area contributed by atoms with Crippen LogP contribution in [0, 0.1) is 5.53 Å². The number of nitrogens with one attached hydrogen (secondary N) is 1. The molecule has 5 nitrogen and oxygen atoms in total. The van der Waals surface area contributed by atoms with Crippen molar-refractivity contribution < 1.29 is 4.74 Å². The predicted octanol–water partition coefficient (Wildman–Crippen LogP) is 3.65. The van der Waals surface area contributed by atoms with Crippen LogP contribution in [0.25, 0.3) is 11.3 Å². The van der Waals surface area contributed by atoms with Gasteiger partial charge in [-0.15, -0.1) is 5.11 Å². The van der Waals surface area contributed by atoms with Crippen molar-refractivity contribution in [2.24, 2.45) is 5.11 Å². The molecule has 0 aliphatic heterocycles. The van der Waals surface area contributed by atoms with Crippen LogP contribution in [0.2, 0.25) is 0 Å². The highest BCUT2D eigenvalue weighted by Gasteiger charge is 2.35. The molecule has 5 heteroatoms. The molecule has 1 aromatic carbocycles. The Morgan fingerprint density at radius 1 is 1.30 bits per heavy atom. The Bertz CT molecular complexity index is 694. The molecule has 102 valence electrons. The van der Waals surface area contributed by atoms with E-state index in [0.29, 0.717) is 5.82 Å². The maximum atomic E-state index is 7.32. The first-order valence-electron chi connectivity index (χ1n) is 6.47. The maximum Gasteiger partial charge on any atom is 0.181 e. The van der Waals surface area contributed by atoms with Crippen LogP contribution in [0.15, 0.2) is 29.6 Å². The van der Waals surface area contributed by atoms with Gasteiger partial charge in [-0.2, -0.15) is 0 Å². The van der Waals surface area contributed by atoms with Crippen LogP contribution in [0.4, 0.5) is 5.82 Å². The smallest absolute Gasteiger partial charge is 0.181 e. The lowest BCUT2D eigenvalue weighted by Crippen LogP contribution is -2.26. The molecule has 1 heterocycles. The zero-order valence-corrected chi connectivity index (χ0v) is 11.8. The van der Waals surface area contributed by atoms with Crippen LogP contribution in [0.1, 0.15) is 25.0 Å². The van der Waals surface area contributed by atoms with Gasteiger partial charge in [0.25, 0.3) is 0 Å². The second-order valence-electron chi connectivity index (χ2n) is 5.62. The zero-order chi connectivity index (χ0) is 14.3. The number of benzene rings is 1. The lowest BCUT2D eigenvalue weighted by Gasteiger charge is -2.33. The number of aromatic nitrogens is 2. The first-order chi connectivity index (χ1) is 9.56. The van der Waals surface area contributed by atoms with E-state index in [-0.39, 0.29) is 5.41 Å². The fraction of sp³-hybridized carbons (Fsp3) is 0.333. The van der Waals surface area contributed by atoms with Crippen molar-refractivity contribution in [1.29, 1.82) is 5.53 Å². The molecule has 2 aromatic rings. The maximum absolute atomic E-state index is 7.32. The third kappa shape index (κ3) is 1.78. The average molecular weight is 268 g/mol. The van der Waals surface area contributed by atoms with Gasteiger partial charge in [0.05, 0.1) is 12.8 Å². The average Bonchev–Trinajstić information content (AvgIpc) is 2.45. The zero-order valence-electron chi connectivity index (χ0n) is 11.8. The summed E-state index contributed by atoms with van der Waals surface area (Å²) < 4.78 is 5.30. The summed E-state index contributed by atoms with van der Waals surface area (Å²) in [4.78, 5) is 8.55. The Balaban J connectivity index is 2.31. The molecule has 0 fully saturated rings. The first kappa shape index (κ1) is 12.7. The fourth-order valence-corrected chi connectivity index (χ4v) is 2.93. The molecule has 0 saturated carbocycles. The Labute approximate surface area is 117 Å². The number of hydrogen-bond acceptors (Lipinski definition) is 5. The van der Waals surface area contributed by atoms with Crippen LogP contribution in [0.5, 0.6) is 5.75 Å². The van der Waals surface area contributed by atoms with Crippen LogP contribution >= 0.6 is 0 Å². The Morgan fingerprint density at radius 3 is 2.80 bits per heavy atom. The summed E-state index contributed by atoms with van der Waals surface area (Å²) in [5.41, 5.74) is 11.3. The SMILES string of the molecule is COc1ccc2c(c1)CC(C)(C)c1c(N=N)ncnc1-2. The van der Waals surface area contributed by atoms with Gasteiger partial charge in [0.2, 0.25) is 0 Å². The molecule has 0 saturated heterocycles. The summed E-state index contributed by atoms with van der Waals surface area (Å²) in [6, 6.07) is 6.00. The van der Waals surface area contributed by atoms with Crippen molar-refractivity contribution in [3.05, 3.63) is 35.7 Å². The lowest BCUT2D eigenvalue weighted by molar-refractivity contribution is 0.413. The molecule has 0 unspecified atom stereocenters. The van der Waals surface area contributed by atoms with Crippen molar-refractivity contribution in [2.75, 3.05) is 7.11 Å². The number of rotatable bonds is 2. The van der Waals surface area contributed by atoms with Gasteiger partial charge in [-0.05, 0) is 35.6 Å². The second kappa shape index (κ2) is 4.37. The van der Waals surface area contributed by atoms with Crippen molar-refractivity contribution in [2.45, 2.75) is 25.7 Å². The molecule has 20 heavy (non-hydrogen) atoms. The van der Waals surface area contributed by atoms with Gasteiger partial charge in [-0.1, -0.05) is 13.8 Å². The number of hydrogen-bond donors (Lipinski definition) is 1. The summed E-state index contributed by atoms with van der Waals surface area (Å²) in [6.07, 6.45) is 2.32. The summed E-state index contributed by atoms with van der Waals surface area (Å²) in [7, 11) is 1.67. The topological polar surface area (TPSA) is 71.2 Å². The van der Waals surface area contributed by atoms with Gasteiger partial charge in [0, 0.05) is 11.1 Å². The van der Waals surface area contributed by atoms with Gasteiger partial charge < -0.3 is 4.74 Å². The summed E-state index contributed by atoms with van der Waals surface area (Å²) in [5.74, 6) is 1.31. The van der Waals surface area contributed by atoms with E-state index in [1.165, 1.54) is 11.9 Å². The largest absolute Gasteiger partial charge is 0.497 e. The minimum Gasteiger partial charge on any atom is -0.497 e. The molecule has 1 aliphatic rings. The van der Waals surface area contributed by atoms with Gasteiger partial charge in [-0.25, -0.2) is 15.5 Å². The molecule has 1 aliphatic carbocycles. The van der Waals surface area contributed by atoms with E-state index in [4.69, 9.17) is 10.3 Å². The van der Waals surface area contributed by atoms with Crippen molar-refractivity contribution in [3.8, 4) is 17.0 Å². The lowest BCUT2D eigenvalue weighted by atomic mass is 9.72. The van der Waals surface area contributed by atoms with Crippen LogP contribution in [-0.2, 0) is 11.8 Å². The molecule has 0 bridgehead atoms. The Kier molecular flexibility index (Phi) is 2.78. The highest BCUT2D eigenvalue weighted by atomic mass is 16.5. The number of nitrogens with zero attached hydrogens (tertiary/aromatic N) is 3. The van der Waals surface area contributed by atoms with E-state index in [1.54, 1.807) is 7.11 Å². The minimum atomic E-state index is -0.157. The number of ether oxygens (including phenoxy) is 1. The standard InChI is InChI=1S/C15H16N4O/c1-15(2)7-9-6-10(20-3)4-5-11(9)13-12(15)14(19-16)18-8-17-13/h4-6,8,16H,7H2,1-3H3. The fourth-order valence-electron chi connectivity index (χ4n) is 2.93. The van der Waals surface area contributed by atoms with E-state index < -0.39 is 0 Å². The first-order valence-corrected chi connectivity index (χ1v) is 6.47. The van der Waals surface area contributed by atoms with E-state index in [2.05, 4.69) is 35.0 Å². The van der Waals surface area contributed by atoms with Gasteiger partial charge in [-0.3, -0.25) is 0 Å². The quantitative estimate of drug-likeness (QED) is 0.845. The van der Waals surface area contributed by atoms with Crippen molar-refractivity contribution >= 4 is 5.82 Å². The third-order valence-electron chi connectivity index (χ3n) is 3.81. The van der Waals surface area contributed by atoms with Gasteiger partial charge in [0.15, 0.2) is 5.82 Å². The van der Waals surface area contributed by atoms with Gasteiger partial charge >= 0.3 is 0 Å². The third-order valence-corrected chi connectivity index (χ3v) is 3.81. The Morgan fingerprint density at radius 2 is 2.10 bits per heavy atom. The van der Waals surface area contributed by atoms with E-state index in [0.717, 1.165) is 29.0 Å². The normalized spacial score (nSPS) is 15.2. The molecule has 0 radical (unpaired) electrons. The van der Waals surface area contributed by atoms with Gasteiger partial charge in [0.1, 0.15) is 12.1 Å². The summed E-state index contributed by atoms with van der Waals surface area (Å²) >= 11 is 0. The highest BCUT2D eigenvalue weighted by Crippen LogP contribution is 2.45. The molecule has 0 spiro atoms. The van der Waals surface area contributed by atoms with Crippen molar-refractivity contribution in [1.82, 2.24) is 9.97 Å². The van der Waals surface area contributed by atoms with E-state index >= 15 is 0 Å². The molecule has 3 rings (SSSR count). The highest BCUT2D eigenvalue weighted by molar-refractivity contribution is 5.75. The van der Waals surface area contributed by atoms with Crippen LogP contribution in [-0.4, -0.2) is 17.1 Å². The molecule has 1 aromatic heterocycles. The minimum absolute atomic E-state index is 0.157. The predicted molar refractivity (Wildman–Crippen MR) is 75.6 cm³/mol. The summed E-state index contributed by atoms with van der Waals surface area (Å²) in [5, 5.41) is 3.56. The second-order valence-corrected chi connectivity index (χ2v) is 5.62. The van der Waals surface area contributed by atoms with E-state index in [9.17, 15) is 0 Å². The molecule has 0 atom stereocenters. The Hall–Kier alpha value is -2.30. The monoisotopic (exact) mass is 268 g/mol. The number of fused-ring (bicyclic) bond motifs is 3. The molecular weight excluding hydrogens is 252 g/mol. The van der Waals surface area contributed by atoms with Crippen molar-refractivity contribution in [3.63, 3.8) is 0 Å². The van der Waals surface area contributed by atoms with Crippen LogP contribution < -0.4 is 4.74 Å². The summed E-state index contributed by atoms with van der Waals surface area (Å²) in [6.45, 7) is 4.26. The molecular formula is C15H16N4O. The number of methoxy groups -OCH3 is 1. The molecule has 0 amide bonds. The van der Waals surface area contributed by atoms with E-state index in [1.807, 2.05) is 12.1 Å². The molecule has 1 N–H and O–H groups in total. The van der Waals surface area contributed by atoms with Crippen LogP contribution in [0.3, 0.4) is 0 Å².